The number of aliphatic imine (C=N–C) groups is 1. The summed E-state index contributed by atoms with van der Waals surface area (Å²) in [7, 11) is 0. The van der Waals surface area contributed by atoms with Crippen molar-refractivity contribution in [3.63, 3.8) is 0 Å². The number of fused-ring (bicyclic) bond motifs is 1. The SMILES string of the molecule is CCOC(=O)N1CCC(C2=NC(=C3CCc4c3occ(Cl)c4=N)ON2)CC1. The topological polar surface area (TPSA) is 100 Å². The van der Waals surface area contributed by atoms with Crippen LogP contribution in [0.25, 0.3) is 5.57 Å². The Kier molecular flexibility index (Phi) is 4.82. The maximum absolute atomic E-state index is 11.8. The second-order valence-corrected chi connectivity index (χ2v) is 7.12. The van der Waals surface area contributed by atoms with Crippen LogP contribution in [0.5, 0.6) is 0 Å². The molecule has 144 valence electrons. The smallest absolute Gasteiger partial charge is 0.409 e. The Morgan fingerprint density at radius 3 is 2.96 bits per heavy atom. The number of hydroxylamine groups is 1. The first kappa shape index (κ1) is 17.9. The Morgan fingerprint density at radius 1 is 1.44 bits per heavy atom. The number of nitrogens with zero attached hydrogens (tertiary/aromatic N) is 2. The third-order valence-corrected chi connectivity index (χ3v) is 5.41. The molecule has 4 rings (SSSR count). The molecule has 1 saturated heterocycles. The predicted octanol–water partition coefficient (Wildman–Crippen LogP) is 2.83. The van der Waals surface area contributed by atoms with E-state index in [0.29, 0.717) is 54.6 Å². The van der Waals surface area contributed by atoms with Gasteiger partial charge < -0.3 is 18.9 Å². The molecule has 0 spiro atoms. The fraction of sp³-hybridized carbons (Fsp3) is 0.500. The summed E-state index contributed by atoms with van der Waals surface area (Å²) in [5.41, 5.74) is 4.56. The van der Waals surface area contributed by atoms with Crippen molar-refractivity contribution in [2.75, 3.05) is 19.7 Å². The number of amides is 1. The van der Waals surface area contributed by atoms with Gasteiger partial charge in [-0.2, -0.15) is 4.99 Å². The highest BCUT2D eigenvalue weighted by molar-refractivity contribution is 6.30. The summed E-state index contributed by atoms with van der Waals surface area (Å²) in [6.45, 7) is 3.46. The predicted molar refractivity (Wildman–Crippen MR) is 97.8 cm³/mol. The van der Waals surface area contributed by atoms with Crippen LogP contribution in [-0.4, -0.2) is 36.5 Å². The Balaban J connectivity index is 1.49. The molecule has 2 N–H and O–H groups in total. The zero-order valence-electron chi connectivity index (χ0n) is 15.0. The van der Waals surface area contributed by atoms with Gasteiger partial charge in [-0.05, 0) is 32.6 Å². The van der Waals surface area contributed by atoms with E-state index in [1.165, 1.54) is 6.26 Å². The molecule has 8 nitrogen and oxygen atoms in total. The second kappa shape index (κ2) is 7.26. The number of carbonyl (C=O) groups excluding carboxylic acids is 1. The van der Waals surface area contributed by atoms with Crippen LogP contribution in [0.4, 0.5) is 4.79 Å². The Bertz CT molecular complexity index is 884. The minimum atomic E-state index is -0.259. The fourth-order valence-electron chi connectivity index (χ4n) is 3.67. The van der Waals surface area contributed by atoms with Crippen molar-refractivity contribution < 1.29 is 18.8 Å². The average molecular weight is 393 g/mol. The van der Waals surface area contributed by atoms with Crippen molar-refractivity contribution in [3.8, 4) is 0 Å². The van der Waals surface area contributed by atoms with Gasteiger partial charge >= 0.3 is 6.09 Å². The number of hydrogen-bond acceptors (Lipinski definition) is 7. The first-order valence-electron chi connectivity index (χ1n) is 9.10. The number of piperidine rings is 1. The van der Waals surface area contributed by atoms with Gasteiger partial charge in [0.25, 0.3) is 5.88 Å². The number of rotatable bonds is 2. The summed E-state index contributed by atoms with van der Waals surface area (Å²) in [4.78, 5) is 23.8. The molecular weight excluding hydrogens is 372 g/mol. The van der Waals surface area contributed by atoms with Gasteiger partial charge in [0, 0.05) is 24.6 Å². The van der Waals surface area contributed by atoms with Crippen molar-refractivity contribution in [2.24, 2.45) is 10.9 Å². The molecule has 2 aliphatic heterocycles. The summed E-state index contributed by atoms with van der Waals surface area (Å²) in [5.74, 6) is 2.09. The number of amidine groups is 1. The minimum absolute atomic E-state index is 0.198. The molecule has 0 unspecified atom stereocenters. The lowest BCUT2D eigenvalue weighted by atomic mass is 9.96. The van der Waals surface area contributed by atoms with E-state index in [4.69, 9.17) is 31.0 Å². The van der Waals surface area contributed by atoms with Gasteiger partial charge in [0.05, 0.1) is 17.5 Å². The van der Waals surface area contributed by atoms with E-state index >= 15 is 0 Å². The molecule has 0 saturated carbocycles. The van der Waals surface area contributed by atoms with E-state index in [-0.39, 0.29) is 12.0 Å². The van der Waals surface area contributed by atoms with Gasteiger partial charge in [0.2, 0.25) is 0 Å². The normalized spacial score (nSPS) is 22.1. The molecule has 0 atom stereocenters. The highest BCUT2D eigenvalue weighted by Crippen LogP contribution is 2.35. The zero-order valence-corrected chi connectivity index (χ0v) is 15.8. The summed E-state index contributed by atoms with van der Waals surface area (Å²) in [6.07, 6.45) is 4.09. The molecule has 1 aromatic rings. The lowest BCUT2D eigenvalue weighted by Gasteiger charge is -2.30. The van der Waals surface area contributed by atoms with Crippen molar-refractivity contribution in [1.29, 1.82) is 5.41 Å². The Labute approximate surface area is 161 Å². The maximum Gasteiger partial charge on any atom is 0.409 e. The van der Waals surface area contributed by atoms with E-state index in [2.05, 4.69) is 10.5 Å². The van der Waals surface area contributed by atoms with E-state index < -0.39 is 0 Å². The summed E-state index contributed by atoms with van der Waals surface area (Å²) >= 11 is 5.97. The molecule has 1 aliphatic carbocycles. The lowest BCUT2D eigenvalue weighted by Crippen LogP contribution is -2.42. The number of carbonyl (C=O) groups is 1. The van der Waals surface area contributed by atoms with E-state index in [1.54, 1.807) is 11.8 Å². The number of hydrogen-bond donors (Lipinski definition) is 2. The van der Waals surface area contributed by atoms with Crippen molar-refractivity contribution in [3.05, 3.63) is 33.8 Å². The van der Waals surface area contributed by atoms with Crippen LogP contribution >= 0.6 is 11.6 Å². The van der Waals surface area contributed by atoms with Crippen LogP contribution in [0, 0.1) is 11.3 Å². The van der Waals surface area contributed by atoms with Gasteiger partial charge in [-0.25, -0.2) is 10.3 Å². The van der Waals surface area contributed by atoms with Crippen molar-refractivity contribution in [2.45, 2.75) is 32.6 Å². The number of halogens is 1. The van der Waals surface area contributed by atoms with Crippen LogP contribution in [0.1, 0.15) is 37.5 Å². The van der Waals surface area contributed by atoms with Gasteiger partial charge in [-0.1, -0.05) is 11.6 Å². The molecular formula is C18H21ClN4O4. The molecule has 1 aromatic heterocycles. The first-order chi connectivity index (χ1) is 13.1. The summed E-state index contributed by atoms with van der Waals surface area (Å²) in [6, 6.07) is 0. The maximum atomic E-state index is 11.8. The van der Waals surface area contributed by atoms with Crippen LogP contribution in [0.2, 0.25) is 5.02 Å². The molecule has 0 bridgehead atoms. The largest absolute Gasteiger partial charge is 0.462 e. The number of likely N-dealkylation sites (tertiary alicyclic amines) is 1. The monoisotopic (exact) mass is 392 g/mol. The van der Waals surface area contributed by atoms with E-state index in [9.17, 15) is 4.79 Å². The van der Waals surface area contributed by atoms with Crippen LogP contribution < -0.4 is 10.8 Å². The third kappa shape index (κ3) is 3.29. The lowest BCUT2D eigenvalue weighted by molar-refractivity contribution is 0.0954. The fourth-order valence-corrected chi connectivity index (χ4v) is 3.83. The zero-order chi connectivity index (χ0) is 19.0. The Hall–Kier alpha value is -2.48. The van der Waals surface area contributed by atoms with Crippen LogP contribution in [0.15, 0.2) is 21.6 Å². The summed E-state index contributed by atoms with van der Waals surface area (Å²) < 4.78 is 10.7. The van der Waals surface area contributed by atoms with Crippen LogP contribution in [0.3, 0.4) is 0 Å². The van der Waals surface area contributed by atoms with Gasteiger partial charge in [-0.15, -0.1) is 0 Å². The van der Waals surface area contributed by atoms with Crippen molar-refractivity contribution >= 4 is 29.1 Å². The minimum Gasteiger partial charge on any atom is -0.462 e. The van der Waals surface area contributed by atoms with Gasteiger partial charge in [-0.3, -0.25) is 5.41 Å². The molecule has 0 radical (unpaired) electrons. The van der Waals surface area contributed by atoms with Gasteiger partial charge in [0.1, 0.15) is 22.9 Å². The summed E-state index contributed by atoms with van der Waals surface area (Å²) in [5, 5.41) is 8.68. The molecule has 1 fully saturated rings. The number of allylic oxidation sites excluding steroid dienone is 1. The van der Waals surface area contributed by atoms with Crippen LogP contribution in [-0.2, 0) is 16.0 Å². The second-order valence-electron chi connectivity index (χ2n) is 6.71. The molecule has 9 heteroatoms. The molecule has 27 heavy (non-hydrogen) atoms. The molecule has 3 heterocycles. The third-order valence-electron chi connectivity index (χ3n) is 5.13. The molecule has 1 amide bonds. The number of ether oxygens (including phenoxy) is 1. The standard InChI is InChI=1S/C18H21ClN4O4/c1-2-25-18(24)23-7-5-10(6-8-23)16-21-17(27-22-16)12-4-3-11-14(20)13(19)9-26-15(11)12/h9-10,20H,2-8H2,1H3,(H,21,22). The van der Waals surface area contributed by atoms with E-state index in [1.807, 2.05) is 0 Å². The van der Waals surface area contributed by atoms with E-state index in [0.717, 1.165) is 29.8 Å². The van der Waals surface area contributed by atoms with Gasteiger partial charge in [0.15, 0.2) is 0 Å². The first-order valence-corrected chi connectivity index (χ1v) is 9.47. The highest BCUT2D eigenvalue weighted by Gasteiger charge is 2.32. The van der Waals surface area contributed by atoms with Crippen molar-refractivity contribution in [1.82, 2.24) is 10.4 Å². The molecule has 0 aromatic carbocycles. The molecule has 3 aliphatic rings. The number of nitrogens with one attached hydrogen (secondary N) is 2. The quantitative estimate of drug-likeness (QED) is 0.806. The highest BCUT2D eigenvalue weighted by atomic mass is 35.5. The average Bonchev–Trinajstić information content (AvgIpc) is 3.32. The Morgan fingerprint density at radius 2 is 2.22 bits per heavy atom.